The Balaban J connectivity index is 1.54. The number of fused-ring (bicyclic) bond motifs is 4. The zero-order chi connectivity index (χ0) is 28.1. The molecule has 0 atom stereocenters. The van der Waals surface area contributed by atoms with Crippen molar-refractivity contribution in [1.29, 1.82) is 0 Å². The van der Waals surface area contributed by atoms with Crippen molar-refractivity contribution in [1.82, 2.24) is 14.5 Å². The number of hydrogen-bond acceptors (Lipinski definition) is 2. The summed E-state index contributed by atoms with van der Waals surface area (Å²) in [5.74, 6) is 0.670. The van der Waals surface area contributed by atoms with E-state index >= 15 is 0 Å². The lowest BCUT2D eigenvalue weighted by molar-refractivity contribution is 0.654. The van der Waals surface area contributed by atoms with Crippen LogP contribution in [0.3, 0.4) is 0 Å². The molecule has 0 saturated carbocycles. The Bertz CT molecular complexity index is 1970. The molecule has 1 aliphatic carbocycles. The first-order valence-electron chi connectivity index (χ1n) is 14.1. The third-order valence-electron chi connectivity index (χ3n) is 8.42. The van der Waals surface area contributed by atoms with Gasteiger partial charge in [0.2, 0.25) is 5.95 Å². The lowest BCUT2D eigenvalue weighted by Crippen LogP contribution is -2.16. The fourth-order valence-corrected chi connectivity index (χ4v) is 6.36. The molecule has 2 aromatic heterocycles. The molecular weight excluding hydrogens is 498 g/mol. The van der Waals surface area contributed by atoms with Crippen LogP contribution in [0.15, 0.2) is 134 Å². The Morgan fingerprint density at radius 3 is 1.95 bits per heavy atom. The molecule has 0 saturated heterocycles. The van der Waals surface area contributed by atoms with Crippen molar-refractivity contribution in [2.24, 2.45) is 0 Å². The van der Waals surface area contributed by atoms with Crippen LogP contribution < -0.4 is 0 Å². The summed E-state index contributed by atoms with van der Waals surface area (Å²) >= 11 is 0. The average Bonchev–Trinajstić information content (AvgIpc) is 3.43. The van der Waals surface area contributed by atoms with Crippen molar-refractivity contribution in [3.05, 3.63) is 145 Å². The highest BCUT2D eigenvalue weighted by Gasteiger charge is 2.36. The average molecular weight is 530 g/mol. The summed E-state index contributed by atoms with van der Waals surface area (Å²) in [4.78, 5) is 10.4. The first kappa shape index (κ1) is 25.0. The molecule has 3 nitrogen and oxygen atoms in total. The van der Waals surface area contributed by atoms with Crippen LogP contribution in [-0.4, -0.2) is 14.5 Å². The molecule has 0 aliphatic heterocycles. The minimum absolute atomic E-state index is 0.143. The third-order valence-corrected chi connectivity index (χ3v) is 8.42. The molecule has 0 spiro atoms. The van der Waals surface area contributed by atoms with E-state index in [1.807, 2.05) is 24.3 Å². The maximum Gasteiger partial charge on any atom is 0.235 e. The lowest BCUT2D eigenvalue weighted by atomic mass is 9.80. The molecular formula is C38H31N3. The first-order chi connectivity index (χ1) is 20.0. The van der Waals surface area contributed by atoms with E-state index in [2.05, 4.69) is 129 Å². The van der Waals surface area contributed by atoms with Crippen LogP contribution in [0.1, 0.15) is 31.9 Å². The highest BCUT2D eigenvalue weighted by atomic mass is 15.2. The van der Waals surface area contributed by atoms with E-state index in [0.29, 0.717) is 5.95 Å². The Morgan fingerprint density at radius 1 is 0.707 bits per heavy atom. The van der Waals surface area contributed by atoms with Gasteiger partial charge in [-0.2, -0.15) is 0 Å². The van der Waals surface area contributed by atoms with Crippen LogP contribution in [0.4, 0.5) is 0 Å². The highest BCUT2D eigenvalue weighted by molar-refractivity contribution is 6.11. The number of aromatic nitrogens is 3. The second kappa shape index (κ2) is 9.57. The van der Waals surface area contributed by atoms with Gasteiger partial charge in [0, 0.05) is 27.3 Å². The van der Waals surface area contributed by atoms with Gasteiger partial charge >= 0.3 is 0 Å². The molecule has 4 aromatic carbocycles. The van der Waals surface area contributed by atoms with E-state index in [9.17, 15) is 0 Å². The van der Waals surface area contributed by atoms with Crippen LogP contribution in [-0.2, 0) is 5.41 Å². The number of nitrogens with zero attached hydrogens (tertiary/aromatic N) is 3. The molecule has 6 aromatic rings. The fraction of sp³-hybridized carbons (Fsp3) is 0.105. The number of hydrogen-bond donors (Lipinski definition) is 0. The molecule has 198 valence electrons. The van der Waals surface area contributed by atoms with Crippen molar-refractivity contribution < 1.29 is 0 Å². The summed E-state index contributed by atoms with van der Waals surface area (Å²) in [6, 6.07) is 36.1. The molecule has 2 heterocycles. The van der Waals surface area contributed by atoms with E-state index in [-0.39, 0.29) is 5.41 Å². The topological polar surface area (TPSA) is 30.7 Å². The molecule has 3 heteroatoms. The standard InChI is InChI=1S/C38H31N3/c1-5-6-20-31-25(2)29-22-30-28-19-13-14-21-35(28)41(36(30)23-32(29)38(31,3)4)37-39-33(26-15-9-7-10-16-26)24-34(40-37)27-17-11-8-12-18-27/h5-24H,1H2,2-4H3/b20-6-. The zero-order valence-electron chi connectivity index (χ0n) is 23.6. The summed E-state index contributed by atoms with van der Waals surface area (Å²) in [5, 5.41) is 2.40. The van der Waals surface area contributed by atoms with Crippen LogP contribution in [0.5, 0.6) is 0 Å². The molecule has 0 unspecified atom stereocenters. The van der Waals surface area contributed by atoms with Crippen LogP contribution in [0, 0.1) is 0 Å². The summed E-state index contributed by atoms with van der Waals surface area (Å²) in [6.07, 6.45) is 6.09. The van der Waals surface area contributed by atoms with Gasteiger partial charge in [-0.1, -0.05) is 118 Å². The minimum Gasteiger partial charge on any atom is -0.278 e. The number of benzene rings is 4. The van der Waals surface area contributed by atoms with Gasteiger partial charge in [-0.15, -0.1) is 0 Å². The summed E-state index contributed by atoms with van der Waals surface area (Å²) in [5.41, 5.74) is 11.3. The molecule has 0 amide bonds. The second-order valence-corrected chi connectivity index (χ2v) is 11.2. The summed E-state index contributed by atoms with van der Waals surface area (Å²) in [6.45, 7) is 10.7. The monoisotopic (exact) mass is 529 g/mol. The van der Waals surface area contributed by atoms with Gasteiger partial charge in [0.05, 0.1) is 22.4 Å². The van der Waals surface area contributed by atoms with Gasteiger partial charge in [0.15, 0.2) is 0 Å². The third kappa shape index (κ3) is 3.96. The van der Waals surface area contributed by atoms with E-state index in [0.717, 1.165) is 33.5 Å². The van der Waals surface area contributed by atoms with Crippen LogP contribution in [0.2, 0.25) is 0 Å². The highest BCUT2D eigenvalue weighted by Crippen LogP contribution is 2.49. The van der Waals surface area contributed by atoms with Crippen molar-refractivity contribution in [2.45, 2.75) is 26.2 Å². The van der Waals surface area contributed by atoms with Crippen LogP contribution >= 0.6 is 0 Å². The van der Waals surface area contributed by atoms with Crippen LogP contribution in [0.25, 0.3) is 55.8 Å². The lowest BCUT2D eigenvalue weighted by Gasteiger charge is -2.23. The van der Waals surface area contributed by atoms with Crippen molar-refractivity contribution in [2.75, 3.05) is 0 Å². The maximum atomic E-state index is 5.19. The van der Waals surface area contributed by atoms with Crippen molar-refractivity contribution in [3.63, 3.8) is 0 Å². The van der Waals surface area contributed by atoms with Gasteiger partial charge in [0.1, 0.15) is 0 Å². The van der Waals surface area contributed by atoms with Crippen molar-refractivity contribution >= 4 is 27.4 Å². The van der Waals surface area contributed by atoms with Gasteiger partial charge in [-0.25, -0.2) is 9.97 Å². The number of allylic oxidation sites excluding steroid dienone is 5. The summed E-state index contributed by atoms with van der Waals surface area (Å²) in [7, 11) is 0. The predicted octanol–water partition coefficient (Wildman–Crippen LogP) is 9.71. The second-order valence-electron chi connectivity index (χ2n) is 11.2. The van der Waals surface area contributed by atoms with E-state index in [1.54, 1.807) is 0 Å². The minimum atomic E-state index is -0.143. The van der Waals surface area contributed by atoms with E-state index < -0.39 is 0 Å². The summed E-state index contributed by atoms with van der Waals surface area (Å²) < 4.78 is 2.24. The first-order valence-corrected chi connectivity index (χ1v) is 14.1. The van der Waals surface area contributed by atoms with Gasteiger partial charge in [0.25, 0.3) is 0 Å². The van der Waals surface area contributed by atoms with Crippen molar-refractivity contribution in [3.8, 4) is 28.5 Å². The van der Waals surface area contributed by atoms with Gasteiger partial charge < -0.3 is 0 Å². The Labute approximate surface area is 240 Å². The Morgan fingerprint density at radius 2 is 1.32 bits per heavy atom. The fourth-order valence-electron chi connectivity index (χ4n) is 6.36. The molecule has 0 radical (unpaired) electrons. The molecule has 41 heavy (non-hydrogen) atoms. The molecule has 7 rings (SSSR count). The zero-order valence-corrected chi connectivity index (χ0v) is 23.6. The Hall–Kier alpha value is -5.02. The number of para-hydroxylation sites is 1. The largest absolute Gasteiger partial charge is 0.278 e. The Kier molecular flexibility index (Phi) is 5.83. The quantitative estimate of drug-likeness (QED) is 0.208. The van der Waals surface area contributed by atoms with Gasteiger partial charge in [-0.3, -0.25) is 4.57 Å². The van der Waals surface area contributed by atoms with Gasteiger partial charge in [-0.05, 0) is 53.5 Å². The molecule has 1 aliphatic rings. The van der Waals surface area contributed by atoms with E-state index in [1.165, 1.54) is 33.0 Å². The maximum absolute atomic E-state index is 5.19. The normalized spacial score (nSPS) is 14.3. The molecule has 0 bridgehead atoms. The van der Waals surface area contributed by atoms with E-state index in [4.69, 9.17) is 9.97 Å². The predicted molar refractivity (Wildman–Crippen MR) is 172 cm³/mol. The molecule has 0 N–H and O–H groups in total. The smallest absolute Gasteiger partial charge is 0.235 e. The number of rotatable bonds is 5. The molecule has 0 fully saturated rings. The SMILES string of the molecule is C=C/C=C\C1=C(C)c2cc3c4ccccc4n(-c4nc(-c5ccccc5)cc(-c5ccccc5)n4)c3cc2C1(C)C.